The summed E-state index contributed by atoms with van der Waals surface area (Å²) in [7, 11) is 0. The highest BCUT2D eigenvalue weighted by molar-refractivity contribution is 14.0. The van der Waals surface area contributed by atoms with Gasteiger partial charge in [-0.2, -0.15) is 0 Å². The molecule has 1 atom stereocenters. The molecular weight excluding hydrogens is 423 g/mol. The molecule has 0 saturated heterocycles. The van der Waals surface area contributed by atoms with Gasteiger partial charge in [0, 0.05) is 25.1 Å². The summed E-state index contributed by atoms with van der Waals surface area (Å²) in [6, 6.07) is 0. The van der Waals surface area contributed by atoms with Gasteiger partial charge in [0.2, 0.25) is 0 Å². The van der Waals surface area contributed by atoms with E-state index < -0.39 is 0 Å². The number of hydrogen-bond acceptors (Lipinski definition) is 4. The number of nitrogens with zero attached hydrogens (tertiary/aromatic N) is 2. The number of aliphatic imine (C=N–C) groups is 1. The largest absolute Gasteiger partial charge is 0.396 e. The second-order valence-corrected chi connectivity index (χ2v) is 6.27. The predicted octanol–water partition coefficient (Wildman–Crippen LogP) is 3.18. The summed E-state index contributed by atoms with van der Waals surface area (Å²) in [4.78, 5) is 9.14. The normalized spacial score (nSPS) is 12.6. The van der Waals surface area contributed by atoms with Crippen molar-refractivity contribution in [1.82, 2.24) is 15.6 Å². The van der Waals surface area contributed by atoms with Crippen LogP contribution in [-0.2, 0) is 13.0 Å². The number of thiazole rings is 1. The molecule has 1 heterocycles. The van der Waals surface area contributed by atoms with Gasteiger partial charge < -0.3 is 15.7 Å². The Hall–Kier alpha value is -0.410. The third-order valence-corrected chi connectivity index (χ3v) is 4.48. The molecule has 0 aliphatic rings. The van der Waals surface area contributed by atoms with Crippen molar-refractivity contribution in [2.75, 3.05) is 19.7 Å². The molecule has 0 aliphatic carbocycles. The molecule has 1 aromatic rings. The first-order valence-electron chi connectivity index (χ1n) is 8.29. The molecule has 0 aliphatic heterocycles. The summed E-state index contributed by atoms with van der Waals surface area (Å²) in [6.45, 7) is 8.89. The number of nitrogens with one attached hydrogen (secondary N) is 2. The van der Waals surface area contributed by atoms with E-state index in [1.807, 2.05) is 0 Å². The molecule has 1 unspecified atom stereocenters. The highest BCUT2D eigenvalue weighted by Gasteiger charge is 2.08. The van der Waals surface area contributed by atoms with Crippen molar-refractivity contribution in [1.29, 1.82) is 0 Å². The smallest absolute Gasteiger partial charge is 0.191 e. The Morgan fingerprint density at radius 2 is 2.09 bits per heavy atom. The van der Waals surface area contributed by atoms with Crippen LogP contribution in [0.3, 0.4) is 0 Å². The molecule has 5 nitrogen and oxygen atoms in total. The Morgan fingerprint density at radius 1 is 1.30 bits per heavy atom. The third-order valence-electron chi connectivity index (χ3n) is 3.44. The first kappa shape index (κ1) is 22.6. The topological polar surface area (TPSA) is 69.5 Å². The van der Waals surface area contributed by atoms with Crippen LogP contribution in [0.5, 0.6) is 0 Å². The fourth-order valence-corrected chi connectivity index (χ4v) is 3.00. The zero-order chi connectivity index (χ0) is 16.2. The second kappa shape index (κ2) is 14.0. The van der Waals surface area contributed by atoms with Gasteiger partial charge in [-0.1, -0.05) is 20.3 Å². The van der Waals surface area contributed by atoms with Crippen molar-refractivity contribution < 1.29 is 5.11 Å². The zero-order valence-corrected chi connectivity index (χ0v) is 17.6. The average molecular weight is 454 g/mol. The molecule has 7 heteroatoms. The van der Waals surface area contributed by atoms with E-state index in [0.29, 0.717) is 12.5 Å². The lowest BCUT2D eigenvalue weighted by atomic mass is 10.0. The SMILES string of the molecule is CCCC(CCO)CNC(=NCc1csc(CC)n1)NCC.I. The van der Waals surface area contributed by atoms with E-state index in [0.717, 1.165) is 55.4 Å². The van der Waals surface area contributed by atoms with Gasteiger partial charge in [-0.25, -0.2) is 9.98 Å². The van der Waals surface area contributed by atoms with Crippen LogP contribution in [0.4, 0.5) is 0 Å². The lowest BCUT2D eigenvalue weighted by Crippen LogP contribution is -2.40. The van der Waals surface area contributed by atoms with Gasteiger partial charge in [-0.15, -0.1) is 35.3 Å². The molecule has 3 N–H and O–H groups in total. The molecule has 23 heavy (non-hydrogen) atoms. The monoisotopic (exact) mass is 454 g/mol. The highest BCUT2D eigenvalue weighted by atomic mass is 127. The second-order valence-electron chi connectivity index (χ2n) is 5.33. The van der Waals surface area contributed by atoms with Gasteiger partial charge in [0.15, 0.2) is 5.96 Å². The number of aromatic nitrogens is 1. The van der Waals surface area contributed by atoms with E-state index in [9.17, 15) is 0 Å². The van der Waals surface area contributed by atoms with Gasteiger partial charge in [0.05, 0.1) is 17.2 Å². The molecule has 0 fully saturated rings. The molecule has 0 amide bonds. The van der Waals surface area contributed by atoms with Crippen LogP contribution in [0.2, 0.25) is 0 Å². The van der Waals surface area contributed by atoms with Crippen molar-refractivity contribution in [2.24, 2.45) is 10.9 Å². The van der Waals surface area contributed by atoms with Gasteiger partial charge in [0.25, 0.3) is 0 Å². The minimum Gasteiger partial charge on any atom is -0.396 e. The van der Waals surface area contributed by atoms with Crippen molar-refractivity contribution in [3.05, 3.63) is 16.1 Å². The number of aryl methyl sites for hydroxylation is 1. The van der Waals surface area contributed by atoms with Gasteiger partial charge in [0.1, 0.15) is 0 Å². The fourth-order valence-electron chi connectivity index (χ4n) is 2.27. The van der Waals surface area contributed by atoms with Gasteiger partial charge in [-0.05, 0) is 32.1 Å². The van der Waals surface area contributed by atoms with Crippen LogP contribution in [0.25, 0.3) is 0 Å². The maximum atomic E-state index is 9.13. The third kappa shape index (κ3) is 9.46. The Morgan fingerprint density at radius 3 is 2.65 bits per heavy atom. The van der Waals surface area contributed by atoms with Crippen molar-refractivity contribution in [2.45, 2.75) is 53.0 Å². The van der Waals surface area contributed by atoms with E-state index in [4.69, 9.17) is 5.11 Å². The van der Waals surface area contributed by atoms with Crippen LogP contribution in [0.1, 0.15) is 50.7 Å². The van der Waals surface area contributed by atoms with E-state index in [1.54, 1.807) is 11.3 Å². The first-order chi connectivity index (χ1) is 10.7. The Bertz CT molecular complexity index is 433. The summed E-state index contributed by atoms with van der Waals surface area (Å²) in [5.74, 6) is 1.32. The quantitative estimate of drug-likeness (QED) is 0.289. The number of guanidine groups is 1. The van der Waals surface area contributed by atoms with E-state index >= 15 is 0 Å². The first-order valence-corrected chi connectivity index (χ1v) is 9.17. The molecule has 0 spiro atoms. The van der Waals surface area contributed by atoms with E-state index in [2.05, 4.69) is 46.8 Å². The lowest BCUT2D eigenvalue weighted by molar-refractivity contribution is 0.251. The van der Waals surface area contributed by atoms with Crippen LogP contribution < -0.4 is 10.6 Å². The Labute approximate surface area is 161 Å². The molecule has 0 radical (unpaired) electrons. The van der Waals surface area contributed by atoms with E-state index in [-0.39, 0.29) is 30.6 Å². The summed E-state index contributed by atoms with van der Waals surface area (Å²) < 4.78 is 0. The molecule has 0 saturated carbocycles. The van der Waals surface area contributed by atoms with Crippen LogP contribution in [0, 0.1) is 5.92 Å². The summed E-state index contributed by atoms with van der Waals surface area (Å²) in [6.07, 6.45) is 4.08. The summed E-state index contributed by atoms with van der Waals surface area (Å²) in [5, 5.41) is 19.0. The zero-order valence-electron chi connectivity index (χ0n) is 14.5. The molecule has 1 rings (SSSR count). The molecule has 1 aromatic heterocycles. The van der Waals surface area contributed by atoms with Crippen molar-refractivity contribution in [3.8, 4) is 0 Å². The molecule has 0 aromatic carbocycles. The van der Waals surface area contributed by atoms with E-state index in [1.165, 1.54) is 0 Å². The minimum atomic E-state index is 0. The predicted molar refractivity (Wildman–Crippen MR) is 110 cm³/mol. The molecular formula is C16H31IN4OS. The lowest BCUT2D eigenvalue weighted by Gasteiger charge is -2.18. The Kier molecular flexibility index (Phi) is 13.7. The van der Waals surface area contributed by atoms with Crippen molar-refractivity contribution in [3.63, 3.8) is 0 Å². The summed E-state index contributed by atoms with van der Waals surface area (Å²) >= 11 is 1.70. The number of halogens is 1. The van der Waals surface area contributed by atoms with Crippen molar-refractivity contribution >= 4 is 41.3 Å². The maximum Gasteiger partial charge on any atom is 0.191 e. The number of hydrogen-bond donors (Lipinski definition) is 3. The minimum absolute atomic E-state index is 0. The van der Waals surface area contributed by atoms with Crippen LogP contribution in [0.15, 0.2) is 10.4 Å². The van der Waals surface area contributed by atoms with Gasteiger partial charge >= 0.3 is 0 Å². The van der Waals surface area contributed by atoms with Crippen LogP contribution >= 0.6 is 35.3 Å². The standard InChI is InChI=1S/C16H30N4OS.HI/c1-4-7-13(8-9-21)10-18-16(17-6-3)19-11-14-12-22-15(5-2)20-14;/h12-13,21H,4-11H2,1-3H3,(H2,17,18,19);1H. The van der Waals surface area contributed by atoms with Crippen LogP contribution in [-0.4, -0.2) is 35.7 Å². The molecule has 134 valence electrons. The highest BCUT2D eigenvalue weighted by Crippen LogP contribution is 2.11. The number of aliphatic hydroxyl groups excluding tert-OH is 1. The number of aliphatic hydroxyl groups is 1. The molecule has 0 bridgehead atoms. The average Bonchev–Trinajstić information content (AvgIpc) is 2.98. The Balaban J connectivity index is 0.00000484. The maximum absolute atomic E-state index is 9.13. The number of rotatable bonds is 10. The van der Waals surface area contributed by atoms with Gasteiger partial charge in [-0.3, -0.25) is 0 Å². The fraction of sp³-hybridized carbons (Fsp3) is 0.750. The summed E-state index contributed by atoms with van der Waals surface area (Å²) in [5.41, 5.74) is 1.03.